The number of carbonyl (C=O) groups is 1. The molecular formula is C8H5ClF3NO2. The molecule has 0 aliphatic rings. The molecule has 3 nitrogen and oxygen atoms in total. The van der Waals surface area contributed by atoms with Gasteiger partial charge in [-0.2, -0.15) is 4.39 Å². The minimum Gasteiger partial charge on any atom is -0.492 e. The Morgan fingerprint density at radius 3 is 2.60 bits per heavy atom. The van der Waals surface area contributed by atoms with Crippen molar-refractivity contribution < 1.29 is 22.7 Å². The van der Waals surface area contributed by atoms with Crippen molar-refractivity contribution in [3.63, 3.8) is 0 Å². The molecule has 0 saturated carbocycles. The highest BCUT2D eigenvalue weighted by Gasteiger charge is 2.22. The van der Waals surface area contributed by atoms with Gasteiger partial charge in [0.25, 0.3) is 17.6 Å². The van der Waals surface area contributed by atoms with Crippen LogP contribution in [0.1, 0.15) is 22.5 Å². The zero-order valence-electron chi connectivity index (χ0n) is 7.43. The third kappa shape index (κ3) is 2.38. The number of alkyl halides is 2. The minimum atomic E-state index is -2.98. The number of hydrogen-bond acceptors (Lipinski definition) is 3. The van der Waals surface area contributed by atoms with Gasteiger partial charge in [0.15, 0.2) is 5.75 Å². The largest absolute Gasteiger partial charge is 0.492 e. The molecule has 0 aliphatic heterocycles. The molecule has 0 aromatic carbocycles. The lowest BCUT2D eigenvalue weighted by atomic mass is 10.2. The topological polar surface area (TPSA) is 39.2 Å². The smallest absolute Gasteiger partial charge is 0.270 e. The maximum Gasteiger partial charge on any atom is 0.270 e. The fraction of sp³-hybridized carbons (Fsp3) is 0.250. The molecule has 0 saturated heterocycles. The van der Waals surface area contributed by atoms with Crippen molar-refractivity contribution >= 4 is 16.8 Å². The van der Waals surface area contributed by atoms with Crippen LogP contribution in [-0.2, 0) is 0 Å². The van der Waals surface area contributed by atoms with Gasteiger partial charge in [-0.05, 0) is 17.7 Å². The van der Waals surface area contributed by atoms with Crippen LogP contribution in [-0.4, -0.2) is 17.3 Å². The van der Waals surface area contributed by atoms with Crippen molar-refractivity contribution in [2.45, 2.75) is 6.43 Å². The first-order chi connectivity index (χ1) is 6.97. The molecule has 0 amide bonds. The molecule has 0 radical (unpaired) electrons. The number of nitrogens with zero attached hydrogens (tertiary/aromatic N) is 1. The van der Waals surface area contributed by atoms with Gasteiger partial charge in [0, 0.05) is 0 Å². The Labute approximate surface area is 87.8 Å². The van der Waals surface area contributed by atoms with Crippen LogP contribution >= 0.6 is 11.6 Å². The van der Waals surface area contributed by atoms with E-state index in [4.69, 9.17) is 11.6 Å². The molecule has 7 heteroatoms. The van der Waals surface area contributed by atoms with Gasteiger partial charge < -0.3 is 4.74 Å². The van der Waals surface area contributed by atoms with Gasteiger partial charge in [0.1, 0.15) is 5.69 Å². The van der Waals surface area contributed by atoms with E-state index in [0.717, 1.165) is 7.11 Å². The Balaban J connectivity index is 3.38. The van der Waals surface area contributed by atoms with Crippen molar-refractivity contribution in [3.05, 3.63) is 23.3 Å². The molecule has 0 unspecified atom stereocenters. The SMILES string of the molecule is COc1c(C(F)F)cc(C(=O)Cl)nc1F. The number of hydrogen-bond donors (Lipinski definition) is 0. The van der Waals surface area contributed by atoms with Crippen molar-refractivity contribution in [2.24, 2.45) is 0 Å². The zero-order chi connectivity index (χ0) is 11.6. The van der Waals surface area contributed by atoms with Gasteiger partial charge in [-0.25, -0.2) is 13.8 Å². The second-order valence-electron chi connectivity index (χ2n) is 2.50. The molecule has 0 bridgehead atoms. The van der Waals surface area contributed by atoms with E-state index in [1.807, 2.05) is 0 Å². The summed E-state index contributed by atoms with van der Waals surface area (Å²) in [5.74, 6) is -1.98. The van der Waals surface area contributed by atoms with Crippen molar-refractivity contribution in [1.29, 1.82) is 0 Å². The molecule has 1 heterocycles. The lowest BCUT2D eigenvalue weighted by Gasteiger charge is -2.08. The summed E-state index contributed by atoms with van der Waals surface area (Å²) in [6.45, 7) is 0. The van der Waals surface area contributed by atoms with E-state index in [-0.39, 0.29) is 0 Å². The van der Waals surface area contributed by atoms with Crippen molar-refractivity contribution in [3.8, 4) is 5.75 Å². The Bertz CT molecular complexity index is 398. The molecule has 1 aromatic rings. The van der Waals surface area contributed by atoms with E-state index in [9.17, 15) is 18.0 Å². The number of rotatable bonds is 3. The van der Waals surface area contributed by atoms with Crippen LogP contribution in [0, 0.1) is 5.95 Å². The van der Waals surface area contributed by atoms with E-state index in [0.29, 0.717) is 6.07 Å². The van der Waals surface area contributed by atoms with E-state index < -0.39 is 34.6 Å². The Hall–Kier alpha value is -1.30. The van der Waals surface area contributed by atoms with Gasteiger partial charge in [0.05, 0.1) is 12.7 Å². The lowest BCUT2D eigenvalue weighted by molar-refractivity contribution is 0.107. The maximum absolute atomic E-state index is 13.1. The fourth-order valence-corrected chi connectivity index (χ4v) is 1.08. The lowest BCUT2D eigenvalue weighted by Crippen LogP contribution is -2.04. The first kappa shape index (κ1) is 11.8. The molecule has 15 heavy (non-hydrogen) atoms. The van der Waals surface area contributed by atoms with Gasteiger partial charge in [-0.1, -0.05) is 0 Å². The van der Waals surface area contributed by atoms with Gasteiger partial charge in [0.2, 0.25) is 0 Å². The first-order valence-electron chi connectivity index (χ1n) is 3.69. The molecule has 0 fully saturated rings. The van der Waals surface area contributed by atoms with Crippen LogP contribution in [0.15, 0.2) is 6.07 Å². The molecular weight excluding hydrogens is 235 g/mol. The van der Waals surface area contributed by atoms with Crippen molar-refractivity contribution in [1.82, 2.24) is 4.98 Å². The second kappa shape index (κ2) is 4.48. The molecule has 82 valence electrons. The summed E-state index contributed by atoms with van der Waals surface area (Å²) in [5, 5.41) is -1.11. The minimum absolute atomic E-state index is 0.578. The van der Waals surface area contributed by atoms with Crippen LogP contribution in [0.25, 0.3) is 0 Å². The van der Waals surface area contributed by atoms with Gasteiger partial charge in [-0.15, -0.1) is 0 Å². The van der Waals surface area contributed by atoms with E-state index >= 15 is 0 Å². The quantitative estimate of drug-likeness (QED) is 0.601. The Morgan fingerprint density at radius 2 is 2.20 bits per heavy atom. The van der Waals surface area contributed by atoms with Gasteiger partial charge >= 0.3 is 0 Å². The van der Waals surface area contributed by atoms with Crippen LogP contribution < -0.4 is 4.74 Å². The predicted molar refractivity (Wildman–Crippen MR) is 45.9 cm³/mol. The van der Waals surface area contributed by atoms with Crippen LogP contribution in [0.5, 0.6) is 5.75 Å². The van der Waals surface area contributed by atoms with E-state index in [2.05, 4.69) is 9.72 Å². The third-order valence-corrected chi connectivity index (χ3v) is 1.79. The van der Waals surface area contributed by atoms with Crippen molar-refractivity contribution in [2.75, 3.05) is 7.11 Å². The summed E-state index contributed by atoms with van der Waals surface area (Å²) in [4.78, 5) is 13.7. The van der Waals surface area contributed by atoms with E-state index in [1.165, 1.54) is 0 Å². The average molecular weight is 240 g/mol. The summed E-state index contributed by atoms with van der Waals surface area (Å²) in [7, 11) is 1.02. The number of methoxy groups -OCH3 is 1. The number of halogens is 4. The normalized spacial score (nSPS) is 10.5. The summed E-state index contributed by atoms with van der Waals surface area (Å²) < 4.78 is 42.3. The fourth-order valence-electron chi connectivity index (χ4n) is 0.986. The summed E-state index contributed by atoms with van der Waals surface area (Å²) in [6.07, 6.45) is -2.98. The second-order valence-corrected chi connectivity index (χ2v) is 2.84. The highest BCUT2D eigenvalue weighted by molar-refractivity contribution is 6.67. The number of pyridine rings is 1. The molecule has 1 aromatic heterocycles. The van der Waals surface area contributed by atoms with Crippen LogP contribution in [0.2, 0.25) is 0 Å². The molecule has 1 rings (SSSR count). The molecule has 0 atom stereocenters. The zero-order valence-corrected chi connectivity index (χ0v) is 8.19. The Kier molecular flexibility index (Phi) is 3.52. The highest BCUT2D eigenvalue weighted by Crippen LogP contribution is 2.31. The standard InChI is InChI=1S/C8H5ClF3NO2/c1-15-5-3(7(10)11)2-4(6(9)14)13-8(5)12/h2,7H,1H3. The molecule has 0 aliphatic carbocycles. The third-order valence-electron chi connectivity index (χ3n) is 1.60. The molecule has 0 spiro atoms. The van der Waals surface area contributed by atoms with E-state index in [1.54, 1.807) is 0 Å². The number of ether oxygens (including phenoxy) is 1. The van der Waals surface area contributed by atoms with Crippen LogP contribution in [0.4, 0.5) is 13.2 Å². The maximum atomic E-state index is 13.1. The highest BCUT2D eigenvalue weighted by atomic mass is 35.5. The summed E-state index contributed by atoms with van der Waals surface area (Å²) >= 11 is 4.99. The predicted octanol–water partition coefficient (Wildman–Crippen LogP) is 2.55. The first-order valence-corrected chi connectivity index (χ1v) is 4.07. The average Bonchev–Trinajstić information content (AvgIpc) is 2.16. The molecule has 0 N–H and O–H groups in total. The number of aromatic nitrogens is 1. The summed E-state index contributed by atoms with van der Waals surface area (Å²) in [6, 6.07) is 0.696. The monoisotopic (exact) mass is 239 g/mol. The summed E-state index contributed by atoms with van der Waals surface area (Å²) in [5.41, 5.74) is -1.33. The van der Waals surface area contributed by atoms with Crippen LogP contribution in [0.3, 0.4) is 0 Å². The Morgan fingerprint density at radius 1 is 1.60 bits per heavy atom. The number of carbonyl (C=O) groups excluding carboxylic acids is 1. The van der Waals surface area contributed by atoms with Gasteiger partial charge in [-0.3, -0.25) is 4.79 Å².